The Labute approximate surface area is 143 Å². The summed E-state index contributed by atoms with van der Waals surface area (Å²) in [5.74, 6) is 0.261. The van der Waals surface area contributed by atoms with Crippen LogP contribution in [0, 0.1) is 0 Å². The van der Waals surface area contributed by atoms with Crippen molar-refractivity contribution >= 4 is 43.4 Å². The molecule has 0 aliphatic heterocycles. The van der Waals surface area contributed by atoms with Crippen LogP contribution in [0.3, 0.4) is 0 Å². The van der Waals surface area contributed by atoms with Gasteiger partial charge in [-0.1, -0.05) is 6.07 Å². The lowest BCUT2D eigenvalue weighted by Crippen LogP contribution is -2.27. The first-order valence-electron chi connectivity index (χ1n) is 6.66. The SMILES string of the molecule is COc1cc(CNC(=O)c2nc3sccc3c(=O)[nH]2)ccc1Br. The number of aromatic nitrogens is 2. The number of fused-ring (bicyclic) bond motifs is 1. The molecule has 3 aromatic rings. The van der Waals surface area contributed by atoms with Crippen molar-refractivity contribution in [3.8, 4) is 5.75 Å². The van der Waals surface area contributed by atoms with Crippen molar-refractivity contribution in [2.75, 3.05) is 7.11 Å². The minimum atomic E-state index is -0.431. The molecule has 3 rings (SSSR count). The molecule has 0 spiro atoms. The molecule has 0 unspecified atom stereocenters. The summed E-state index contributed by atoms with van der Waals surface area (Å²) in [5, 5.41) is 4.99. The van der Waals surface area contributed by atoms with Gasteiger partial charge in [-0.2, -0.15) is 0 Å². The highest BCUT2D eigenvalue weighted by molar-refractivity contribution is 9.10. The largest absolute Gasteiger partial charge is 0.496 e. The quantitative estimate of drug-likeness (QED) is 0.713. The zero-order valence-corrected chi connectivity index (χ0v) is 14.5. The summed E-state index contributed by atoms with van der Waals surface area (Å²) < 4.78 is 6.05. The van der Waals surface area contributed by atoms with E-state index in [4.69, 9.17) is 4.74 Å². The molecular formula is C15H12BrN3O3S. The lowest BCUT2D eigenvalue weighted by Gasteiger charge is -2.08. The summed E-state index contributed by atoms with van der Waals surface area (Å²) in [6.45, 7) is 0.300. The lowest BCUT2D eigenvalue weighted by molar-refractivity contribution is 0.0940. The topological polar surface area (TPSA) is 84.1 Å². The third kappa shape index (κ3) is 3.27. The average molecular weight is 394 g/mol. The number of rotatable bonds is 4. The number of nitrogens with zero attached hydrogens (tertiary/aromatic N) is 1. The van der Waals surface area contributed by atoms with Crippen molar-refractivity contribution in [2.24, 2.45) is 0 Å². The Bertz CT molecular complexity index is 935. The van der Waals surface area contributed by atoms with E-state index in [0.717, 1.165) is 10.0 Å². The molecule has 8 heteroatoms. The Hall–Kier alpha value is -2.19. The van der Waals surface area contributed by atoms with Gasteiger partial charge in [0.2, 0.25) is 5.82 Å². The number of carbonyl (C=O) groups excluding carboxylic acids is 1. The van der Waals surface area contributed by atoms with Crippen LogP contribution in [0.1, 0.15) is 16.2 Å². The number of hydrogen-bond acceptors (Lipinski definition) is 5. The van der Waals surface area contributed by atoms with Gasteiger partial charge < -0.3 is 15.0 Å². The van der Waals surface area contributed by atoms with Gasteiger partial charge in [0, 0.05) is 6.54 Å². The number of benzene rings is 1. The summed E-state index contributed by atoms with van der Waals surface area (Å²) in [5.41, 5.74) is 0.560. The van der Waals surface area contributed by atoms with Crippen molar-refractivity contribution in [2.45, 2.75) is 6.54 Å². The maximum absolute atomic E-state index is 12.2. The van der Waals surface area contributed by atoms with Crippen molar-refractivity contribution in [1.29, 1.82) is 0 Å². The van der Waals surface area contributed by atoms with Gasteiger partial charge in [0.25, 0.3) is 11.5 Å². The highest BCUT2D eigenvalue weighted by Crippen LogP contribution is 2.25. The molecule has 0 radical (unpaired) electrons. The number of carbonyl (C=O) groups is 1. The molecular weight excluding hydrogens is 382 g/mol. The smallest absolute Gasteiger partial charge is 0.287 e. The third-order valence-corrected chi connectivity index (χ3v) is 4.68. The van der Waals surface area contributed by atoms with Crippen LogP contribution < -0.4 is 15.6 Å². The molecule has 0 fully saturated rings. The zero-order valence-electron chi connectivity index (χ0n) is 12.1. The standard InChI is InChI=1S/C15H12BrN3O3S/c1-22-11-6-8(2-3-10(11)16)7-17-14(21)12-18-13(20)9-4-5-23-15(9)19-12/h2-6H,7H2,1H3,(H,17,21)(H,18,19,20). The fourth-order valence-corrected chi connectivity index (χ4v) is 3.23. The van der Waals surface area contributed by atoms with E-state index in [2.05, 4.69) is 31.2 Å². The first-order valence-corrected chi connectivity index (χ1v) is 8.34. The fraction of sp³-hybridized carbons (Fsp3) is 0.133. The number of aromatic amines is 1. The van der Waals surface area contributed by atoms with Crippen LogP contribution in [-0.4, -0.2) is 23.0 Å². The molecule has 2 heterocycles. The molecule has 23 heavy (non-hydrogen) atoms. The summed E-state index contributed by atoms with van der Waals surface area (Å²) in [7, 11) is 1.58. The van der Waals surface area contributed by atoms with E-state index in [9.17, 15) is 9.59 Å². The molecule has 1 aromatic carbocycles. The maximum Gasteiger partial charge on any atom is 0.287 e. The second kappa shape index (κ2) is 6.51. The van der Waals surface area contributed by atoms with Crippen LogP contribution in [-0.2, 0) is 6.54 Å². The average Bonchev–Trinajstić information content (AvgIpc) is 3.03. The van der Waals surface area contributed by atoms with E-state index in [1.54, 1.807) is 18.6 Å². The van der Waals surface area contributed by atoms with Crippen LogP contribution in [0.15, 0.2) is 38.9 Å². The summed E-state index contributed by atoms with van der Waals surface area (Å²) in [6, 6.07) is 7.22. The monoisotopic (exact) mass is 393 g/mol. The highest BCUT2D eigenvalue weighted by atomic mass is 79.9. The van der Waals surface area contributed by atoms with E-state index < -0.39 is 5.91 Å². The maximum atomic E-state index is 12.2. The zero-order chi connectivity index (χ0) is 16.4. The summed E-state index contributed by atoms with van der Waals surface area (Å²) in [4.78, 5) is 31.3. The van der Waals surface area contributed by atoms with Gasteiger partial charge in [-0.3, -0.25) is 9.59 Å². The molecule has 2 aromatic heterocycles. The number of hydrogen-bond donors (Lipinski definition) is 2. The molecule has 6 nitrogen and oxygen atoms in total. The molecule has 2 N–H and O–H groups in total. The number of thiophene rings is 1. The van der Waals surface area contributed by atoms with Crippen LogP contribution in [0.25, 0.3) is 10.2 Å². The van der Waals surface area contributed by atoms with Gasteiger partial charge in [0.05, 0.1) is 17.0 Å². The Morgan fingerprint density at radius 2 is 2.26 bits per heavy atom. The number of amides is 1. The van der Waals surface area contributed by atoms with Crippen molar-refractivity contribution in [1.82, 2.24) is 15.3 Å². The van der Waals surface area contributed by atoms with Crippen molar-refractivity contribution in [3.05, 3.63) is 55.9 Å². The molecule has 0 atom stereocenters. The molecule has 0 saturated carbocycles. The second-order valence-corrected chi connectivity index (χ2v) is 6.45. The minimum Gasteiger partial charge on any atom is -0.496 e. The van der Waals surface area contributed by atoms with Crippen LogP contribution in [0.2, 0.25) is 0 Å². The van der Waals surface area contributed by atoms with Gasteiger partial charge in [-0.15, -0.1) is 11.3 Å². The number of ether oxygens (including phenoxy) is 1. The van der Waals surface area contributed by atoms with Gasteiger partial charge in [-0.25, -0.2) is 4.98 Å². The van der Waals surface area contributed by atoms with Crippen molar-refractivity contribution in [3.63, 3.8) is 0 Å². The van der Waals surface area contributed by atoms with Crippen LogP contribution in [0.4, 0.5) is 0 Å². The van der Waals surface area contributed by atoms with E-state index in [1.807, 2.05) is 18.2 Å². The Morgan fingerprint density at radius 3 is 3.04 bits per heavy atom. The first-order chi connectivity index (χ1) is 11.1. The van der Waals surface area contributed by atoms with E-state index in [-0.39, 0.29) is 11.4 Å². The molecule has 0 bridgehead atoms. The number of halogens is 1. The van der Waals surface area contributed by atoms with Gasteiger partial charge in [0.1, 0.15) is 10.6 Å². The molecule has 118 valence electrons. The minimum absolute atomic E-state index is 0.00836. The van der Waals surface area contributed by atoms with Gasteiger partial charge in [0.15, 0.2) is 0 Å². The predicted octanol–water partition coefficient (Wildman–Crippen LogP) is 2.69. The Balaban J connectivity index is 1.77. The Morgan fingerprint density at radius 1 is 1.43 bits per heavy atom. The normalized spacial score (nSPS) is 10.7. The number of methoxy groups -OCH3 is 1. The first kappa shape index (κ1) is 15.7. The van der Waals surface area contributed by atoms with Gasteiger partial charge in [-0.05, 0) is 45.1 Å². The van der Waals surface area contributed by atoms with Crippen LogP contribution in [0.5, 0.6) is 5.75 Å². The van der Waals surface area contributed by atoms with E-state index in [0.29, 0.717) is 22.5 Å². The predicted molar refractivity (Wildman–Crippen MR) is 92.1 cm³/mol. The van der Waals surface area contributed by atoms with E-state index in [1.165, 1.54) is 11.3 Å². The third-order valence-electron chi connectivity index (χ3n) is 3.22. The molecule has 0 aliphatic rings. The summed E-state index contributed by atoms with van der Waals surface area (Å²) >= 11 is 4.69. The lowest BCUT2D eigenvalue weighted by atomic mass is 10.2. The Kier molecular flexibility index (Phi) is 4.44. The highest BCUT2D eigenvalue weighted by Gasteiger charge is 2.12. The fourth-order valence-electron chi connectivity index (χ4n) is 2.05. The molecule has 0 saturated heterocycles. The molecule has 1 amide bonds. The van der Waals surface area contributed by atoms with Crippen LogP contribution >= 0.6 is 27.3 Å². The summed E-state index contributed by atoms with van der Waals surface area (Å²) in [6.07, 6.45) is 0. The number of H-pyrrole nitrogens is 1. The van der Waals surface area contributed by atoms with E-state index >= 15 is 0 Å². The van der Waals surface area contributed by atoms with Crippen molar-refractivity contribution < 1.29 is 9.53 Å². The second-order valence-electron chi connectivity index (χ2n) is 4.71. The number of nitrogens with one attached hydrogen (secondary N) is 2. The van der Waals surface area contributed by atoms with Gasteiger partial charge >= 0.3 is 0 Å². The molecule has 0 aliphatic carbocycles.